The molecule has 2 aliphatic heterocycles. The van der Waals surface area contributed by atoms with E-state index >= 15 is 0 Å². The van der Waals surface area contributed by atoms with Crippen molar-refractivity contribution in [1.82, 2.24) is 4.98 Å². The second-order valence-electron chi connectivity index (χ2n) is 16.0. The van der Waals surface area contributed by atoms with E-state index in [0.717, 1.165) is 47.8 Å². The van der Waals surface area contributed by atoms with Crippen LogP contribution in [0.1, 0.15) is 88.4 Å². The molecule has 1 spiro atoms. The van der Waals surface area contributed by atoms with E-state index in [9.17, 15) is 43.5 Å². The molecular formula is C41H47NO19. The van der Waals surface area contributed by atoms with Crippen LogP contribution in [-0.4, -0.2) is 124 Å². The maximum atomic E-state index is 14.3. The highest BCUT2D eigenvalue weighted by molar-refractivity contribution is 5.90. The van der Waals surface area contributed by atoms with Gasteiger partial charge < -0.3 is 52.2 Å². The SMILES string of the molecule is CC(=O)OC[C@]12[C@H](OC(C)=O)[C@H](OC(C)=O)[C@@H]3[C@@H](OC(C)=O)[C@@]14O[C@@]3(C)COC(=O)c1cccnc1CCC(C)C(=O)O[C@@H]([C@H](OC(=O)c1ccco1)[C@@H]2OC(C)=O)[C@]4(C)O. The van der Waals surface area contributed by atoms with Crippen molar-refractivity contribution >= 4 is 47.8 Å². The molecule has 4 aliphatic rings. The number of pyridine rings is 1. The number of esters is 8. The third-order valence-corrected chi connectivity index (χ3v) is 11.8. The van der Waals surface area contributed by atoms with Gasteiger partial charge in [-0.25, -0.2) is 9.59 Å². The third-order valence-electron chi connectivity index (χ3n) is 11.8. The molecule has 1 N–H and O–H groups in total. The van der Waals surface area contributed by atoms with Gasteiger partial charge in [-0.3, -0.25) is 33.8 Å². The molecule has 2 aromatic heterocycles. The molecule has 20 nitrogen and oxygen atoms in total. The number of rotatable bonds is 8. The molecule has 6 rings (SSSR count). The number of aryl methyl sites for hydroxylation is 1. The summed E-state index contributed by atoms with van der Waals surface area (Å²) < 4.78 is 60.2. The summed E-state index contributed by atoms with van der Waals surface area (Å²) in [6.07, 6.45) is -9.67. The van der Waals surface area contributed by atoms with Gasteiger partial charge in [0.25, 0.3) is 0 Å². The number of nitrogens with zero attached hydrogens (tertiary/aromatic N) is 1. The van der Waals surface area contributed by atoms with Crippen molar-refractivity contribution in [3.63, 3.8) is 0 Å². The molecule has 0 radical (unpaired) electrons. The van der Waals surface area contributed by atoms with Crippen molar-refractivity contribution in [2.75, 3.05) is 13.2 Å². The number of cyclic esters (lactones) is 1. The van der Waals surface area contributed by atoms with Crippen LogP contribution in [0.4, 0.5) is 0 Å². The standard InChI is InChI=1S/C41H47NO19/c1-19-13-14-26-25(11-9-15-42-26)36(49)54-17-38(7)28-29(55-21(3)44)33(57-23(5)46)40(18-53-20(2)43)34(58-24(6)47)30(59-37(50)27-12-10-16-52-27)32(60-35(19)48)39(8,51)41(40,61-38)31(28)56-22(4)45/h9-12,15-16,19,28-34,51H,13-14,17-18H2,1-8H3/t19?,28-,29-,30+,31-,32+,33-,34+,38+,39+,40-,41+/m1/s1. The van der Waals surface area contributed by atoms with Gasteiger partial charge in [-0.2, -0.15) is 0 Å². The summed E-state index contributed by atoms with van der Waals surface area (Å²) in [4.78, 5) is 113. The number of carbonyl (C=O) groups is 8. The summed E-state index contributed by atoms with van der Waals surface area (Å²) in [5.74, 6) is -11.3. The number of fused-ring (bicyclic) bond motifs is 5. The molecule has 12 atom stereocenters. The molecule has 330 valence electrons. The van der Waals surface area contributed by atoms with E-state index in [0.29, 0.717) is 0 Å². The highest BCUT2D eigenvalue weighted by Crippen LogP contribution is 2.70. The third kappa shape index (κ3) is 7.59. The van der Waals surface area contributed by atoms with Gasteiger partial charge in [0.2, 0.25) is 5.76 Å². The Kier molecular flexibility index (Phi) is 12.1. The van der Waals surface area contributed by atoms with Crippen LogP contribution in [0.5, 0.6) is 0 Å². The molecule has 0 aromatic carbocycles. The fourth-order valence-corrected chi connectivity index (χ4v) is 9.54. The van der Waals surface area contributed by atoms with E-state index in [-0.39, 0.29) is 24.1 Å². The number of carbonyl (C=O) groups excluding carboxylic acids is 8. The van der Waals surface area contributed by atoms with E-state index in [1.165, 1.54) is 44.3 Å². The van der Waals surface area contributed by atoms with E-state index in [1.807, 2.05) is 0 Å². The van der Waals surface area contributed by atoms with E-state index in [2.05, 4.69) is 4.98 Å². The summed E-state index contributed by atoms with van der Waals surface area (Å²) in [6, 6.07) is 5.53. The average molecular weight is 858 g/mol. The maximum absolute atomic E-state index is 14.3. The predicted octanol–water partition coefficient (Wildman–Crippen LogP) is 1.75. The molecular weight excluding hydrogens is 810 g/mol. The number of hydrogen-bond donors (Lipinski definition) is 1. The van der Waals surface area contributed by atoms with Gasteiger partial charge in [-0.05, 0) is 51.0 Å². The Morgan fingerprint density at radius 3 is 2.03 bits per heavy atom. The molecule has 4 bridgehead atoms. The number of aliphatic hydroxyl groups is 1. The highest BCUT2D eigenvalue weighted by atomic mass is 16.7. The normalized spacial score (nSPS) is 35.4. The van der Waals surface area contributed by atoms with Gasteiger partial charge >= 0.3 is 47.8 Å². The Hall–Kier alpha value is -5.89. The largest absolute Gasteiger partial charge is 0.465 e. The van der Waals surface area contributed by atoms with Crippen molar-refractivity contribution in [1.29, 1.82) is 0 Å². The predicted molar refractivity (Wildman–Crippen MR) is 197 cm³/mol. The van der Waals surface area contributed by atoms with Gasteiger partial charge in [0, 0.05) is 40.8 Å². The van der Waals surface area contributed by atoms with Gasteiger partial charge in [0.15, 0.2) is 30.0 Å². The lowest BCUT2D eigenvalue weighted by molar-refractivity contribution is -0.386. The van der Waals surface area contributed by atoms with Crippen LogP contribution in [0.15, 0.2) is 41.1 Å². The number of ether oxygens (including phenoxy) is 9. The summed E-state index contributed by atoms with van der Waals surface area (Å²) in [5, 5.41) is 13.6. The van der Waals surface area contributed by atoms with Crippen molar-refractivity contribution in [3.05, 3.63) is 53.7 Å². The van der Waals surface area contributed by atoms with Crippen LogP contribution < -0.4 is 0 Å². The van der Waals surface area contributed by atoms with Gasteiger partial charge in [-0.15, -0.1) is 0 Å². The molecule has 2 aliphatic carbocycles. The Balaban J connectivity index is 1.77. The smallest absolute Gasteiger partial charge is 0.374 e. The molecule has 2 aromatic rings. The number of furan rings is 1. The first-order valence-electron chi connectivity index (χ1n) is 19.4. The lowest BCUT2D eigenvalue weighted by Crippen LogP contribution is -2.89. The molecule has 2 saturated carbocycles. The van der Waals surface area contributed by atoms with Crippen LogP contribution in [0.2, 0.25) is 0 Å². The maximum Gasteiger partial charge on any atom is 0.374 e. The van der Waals surface area contributed by atoms with E-state index < -0.39 is 137 Å². The topological polar surface area (TPSA) is 266 Å². The molecule has 1 saturated heterocycles. The zero-order chi connectivity index (χ0) is 44.8. The lowest BCUT2D eigenvalue weighted by atomic mass is 9.45. The average Bonchev–Trinajstić information content (AvgIpc) is 3.79. The molecule has 4 heterocycles. The number of hydrogen-bond acceptors (Lipinski definition) is 20. The monoisotopic (exact) mass is 857 g/mol. The van der Waals surface area contributed by atoms with Gasteiger partial charge in [-0.1, -0.05) is 6.92 Å². The summed E-state index contributed by atoms with van der Waals surface area (Å²) in [6.45, 7) is 7.02. The molecule has 20 heteroatoms. The Bertz CT molecular complexity index is 2100. The minimum Gasteiger partial charge on any atom is -0.465 e. The minimum absolute atomic E-state index is 0.0151. The van der Waals surface area contributed by atoms with Gasteiger partial charge in [0.05, 0.1) is 29.4 Å². The quantitative estimate of drug-likeness (QED) is 0.293. The Morgan fingerprint density at radius 2 is 1.44 bits per heavy atom. The summed E-state index contributed by atoms with van der Waals surface area (Å²) in [7, 11) is 0. The van der Waals surface area contributed by atoms with E-state index in [1.54, 1.807) is 0 Å². The summed E-state index contributed by atoms with van der Waals surface area (Å²) in [5.41, 5.74) is -10.2. The van der Waals surface area contributed by atoms with Crippen LogP contribution in [0.25, 0.3) is 0 Å². The van der Waals surface area contributed by atoms with Crippen LogP contribution in [0.3, 0.4) is 0 Å². The van der Waals surface area contributed by atoms with E-state index in [4.69, 9.17) is 47.0 Å². The van der Waals surface area contributed by atoms with Crippen LogP contribution in [0, 0.1) is 17.3 Å². The minimum atomic E-state index is -2.88. The van der Waals surface area contributed by atoms with Crippen molar-refractivity contribution in [2.45, 2.75) is 122 Å². The first-order chi connectivity index (χ1) is 28.6. The Morgan fingerprint density at radius 1 is 0.820 bits per heavy atom. The first kappa shape index (κ1) is 44.7. The molecule has 3 fully saturated rings. The second-order valence-corrected chi connectivity index (χ2v) is 16.0. The summed E-state index contributed by atoms with van der Waals surface area (Å²) >= 11 is 0. The van der Waals surface area contributed by atoms with Gasteiger partial charge in [0.1, 0.15) is 42.0 Å². The zero-order valence-corrected chi connectivity index (χ0v) is 34.7. The molecule has 0 amide bonds. The second kappa shape index (κ2) is 16.5. The molecule has 1 unspecified atom stereocenters. The first-order valence-corrected chi connectivity index (χ1v) is 19.4. The number of aromatic nitrogens is 1. The Labute approximate surface area is 348 Å². The molecule has 61 heavy (non-hydrogen) atoms. The lowest BCUT2D eigenvalue weighted by Gasteiger charge is -2.67. The van der Waals surface area contributed by atoms with Crippen LogP contribution in [-0.2, 0) is 77.8 Å². The van der Waals surface area contributed by atoms with Crippen molar-refractivity contribution in [3.8, 4) is 0 Å². The fourth-order valence-electron chi connectivity index (χ4n) is 9.54. The van der Waals surface area contributed by atoms with Crippen LogP contribution >= 0.6 is 0 Å². The van der Waals surface area contributed by atoms with Crippen molar-refractivity contribution < 1.29 is 90.5 Å². The fraction of sp³-hybridized carbons (Fsp3) is 0.585. The van der Waals surface area contributed by atoms with Crippen molar-refractivity contribution in [2.24, 2.45) is 17.3 Å². The highest BCUT2D eigenvalue weighted by Gasteiger charge is 2.92. The zero-order valence-electron chi connectivity index (χ0n) is 34.7.